The van der Waals surface area contributed by atoms with Crippen LogP contribution in [-0.4, -0.2) is 36.5 Å². The van der Waals surface area contributed by atoms with Crippen LogP contribution >= 0.6 is 11.8 Å². The summed E-state index contributed by atoms with van der Waals surface area (Å²) in [5.41, 5.74) is 1.05. The summed E-state index contributed by atoms with van der Waals surface area (Å²) in [5, 5.41) is 22.4. The molecular formula is C17H18N2O5S. The predicted octanol–water partition coefficient (Wildman–Crippen LogP) is 2.04. The van der Waals surface area contributed by atoms with E-state index >= 15 is 0 Å². The number of phenolic OH excluding ortho intramolecular Hbond substituents is 1. The molecule has 25 heavy (non-hydrogen) atoms. The number of nitrogens with one attached hydrogen (secondary N) is 1. The number of nitriles is 1. The summed E-state index contributed by atoms with van der Waals surface area (Å²) in [4.78, 5) is 23.4. The van der Waals surface area contributed by atoms with Crippen LogP contribution in [-0.2, 0) is 14.3 Å². The van der Waals surface area contributed by atoms with Crippen molar-refractivity contribution in [3.63, 3.8) is 0 Å². The lowest BCUT2D eigenvalue weighted by atomic mass is 9.87. The van der Waals surface area contributed by atoms with Crippen molar-refractivity contribution in [2.45, 2.75) is 19.3 Å². The smallest absolute Gasteiger partial charge is 0.316 e. The highest BCUT2D eigenvalue weighted by Crippen LogP contribution is 2.39. The van der Waals surface area contributed by atoms with Gasteiger partial charge in [-0.25, -0.2) is 0 Å². The molecule has 0 saturated heterocycles. The lowest BCUT2D eigenvalue weighted by Crippen LogP contribution is -2.31. The van der Waals surface area contributed by atoms with E-state index in [1.54, 1.807) is 19.1 Å². The summed E-state index contributed by atoms with van der Waals surface area (Å²) < 4.78 is 9.95. The quantitative estimate of drug-likeness (QED) is 0.745. The Morgan fingerprint density at radius 1 is 1.52 bits per heavy atom. The van der Waals surface area contributed by atoms with Crippen molar-refractivity contribution in [1.82, 2.24) is 5.32 Å². The Morgan fingerprint density at radius 2 is 2.28 bits per heavy atom. The van der Waals surface area contributed by atoms with Crippen LogP contribution in [0.25, 0.3) is 0 Å². The molecular weight excluding hydrogens is 344 g/mol. The molecule has 0 spiro atoms. The van der Waals surface area contributed by atoms with Gasteiger partial charge in [-0.3, -0.25) is 9.59 Å². The Bertz CT molecular complexity index is 754. The fraction of sp³-hybridized carbons (Fsp3) is 0.353. The number of esters is 1. The predicted molar refractivity (Wildman–Crippen MR) is 91.9 cm³/mol. The highest BCUT2D eigenvalue weighted by Gasteiger charge is 2.30. The van der Waals surface area contributed by atoms with Gasteiger partial charge in [0.2, 0.25) is 5.91 Å². The first-order chi connectivity index (χ1) is 12.0. The maximum atomic E-state index is 12.0. The van der Waals surface area contributed by atoms with E-state index in [1.807, 2.05) is 0 Å². The third kappa shape index (κ3) is 4.45. The van der Waals surface area contributed by atoms with Crippen LogP contribution in [0.3, 0.4) is 0 Å². The zero-order valence-electron chi connectivity index (χ0n) is 13.9. The molecule has 1 amide bonds. The molecule has 0 aromatic heterocycles. The van der Waals surface area contributed by atoms with Crippen LogP contribution in [0.2, 0.25) is 0 Å². The molecule has 7 nitrogen and oxygen atoms in total. The lowest BCUT2D eigenvalue weighted by molar-refractivity contribution is -0.137. The van der Waals surface area contributed by atoms with Crippen molar-refractivity contribution in [2.24, 2.45) is 0 Å². The summed E-state index contributed by atoms with van der Waals surface area (Å²) in [6.45, 7) is 2.17. The highest BCUT2D eigenvalue weighted by atomic mass is 32.2. The molecule has 1 aliphatic heterocycles. The van der Waals surface area contributed by atoms with Crippen molar-refractivity contribution >= 4 is 23.6 Å². The molecule has 0 saturated carbocycles. The summed E-state index contributed by atoms with van der Waals surface area (Å²) >= 11 is 1.05. The number of carbonyl (C=O) groups excluding carboxylic acids is 2. The van der Waals surface area contributed by atoms with E-state index in [9.17, 15) is 20.0 Å². The minimum absolute atomic E-state index is 0.00589. The fourth-order valence-corrected chi connectivity index (χ4v) is 3.34. The first-order valence-electron chi connectivity index (χ1n) is 7.59. The number of ether oxygens (including phenoxy) is 2. The SMILES string of the molecule is CCOc1cc(C2CC(=O)NC(SCC(=O)OC)=C2C#N)ccc1O. The minimum atomic E-state index is -0.473. The van der Waals surface area contributed by atoms with Gasteiger partial charge in [0, 0.05) is 12.3 Å². The first kappa shape index (κ1) is 18.7. The Hall–Kier alpha value is -2.66. The minimum Gasteiger partial charge on any atom is -0.504 e. The molecule has 1 aliphatic rings. The normalized spacial score (nSPS) is 16.8. The second kappa shape index (κ2) is 8.44. The largest absolute Gasteiger partial charge is 0.504 e. The van der Waals surface area contributed by atoms with Gasteiger partial charge in [-0.1, -0.05) is 17.8 Å². The number of benzene rings is 1. The highest BCUT2D eigenvalue weighted by molar-refractivity contribution is 8.03. The molecule has 1 aromatic rings. The van der Waals surface area contributed by atoms with Gasteiger partial charge in [0.25, 0.3) is 0 Å². The third-order valence-electron chi connectivity index (χ3n) is 3.60. The number of nitrogens with zero attached hydrogens (tertiary/aromatic N) is 1. The molecule has 2 rings (SSSR count). The van der Waals surface area contributed by atoms with Crippen molar-refractivity contribution in [2.75, 3.05) is 19.5 Å². The van der Waals surface area contributed by atoms with Gasteiger partial charge in [-0.15, -0.1) is 0 Å². The van der Waals surface area contributed by atoms with Crippen molar-refractivity contribution < 1.29 is 24.2 Å². The molecule has 1 atom stereocenters. The number of carbonyl (C=O) groups is 2. The molecule has 1 heterocycles. The van der Waals surface area contributed by atoms with Gasteiger partial charge in [0.1, 0.15) is 0 Å². The maximum Gasteiger partial charge on any atom is 0.316 e. The molecule has 0 radical (unpaired) electrons. The molecule has 0 bridgehead atoms. The molecule has 1 unspecified atom stereocenters. The average Bonchev–Trinajstić information content (AvgIpc) is 2.61. The third-order valence-corrected chi connectivity index (χ3v) is 4.59. The van der Waals surface area contributed by atoms with Gasteiger partial charge in [0.15, 0.2) is 11.5 Å². The molecule has 0 aliphatic carbocycles. The van der Waals surface area contributed by atoms with E-state index in [4.69, 9.17) is 4.74 Å². The number of aromatic hydroxyl groups is 1. The number of hydrogen-bond donors (Lipinski definition) is 2. The summed E-state index contributed by atoms with van der Waals surface area (Å²) in [7, 11) is 1.27. The Morgan fingerprint density at radius 3 is 2.92 bits per heavy atom. The Labute approximate surface area is 149 Å². The summed E-state index contributed by atoms with van der Waals surface area (Å²) in [6.07, 6.45) is 0.0987. The summed E-state index contributed by atoms with van der Waals surface area (Å²) in [5.74, 6) is -0.889. The average molecular weight is 362 g/mol. The van der Waals surface area contributed by atoms with E-state index in [1.165, 1.54) is 13.2 Å². The van der Waals surface area contributed by atoms with Gasteiger partial charge in [0.05, 0.1) is 36.1 Å². The number of rotatable bonds is 6. The van der Waals surface area contributed by atoms with Crippen LogP contribution < -0.4 is 10.1 Å². The Balaban J connectivity index is 2.38. The zero-order valence-corrected chi connectivity index (χ0v) is 14.7. The van der Waals surface area contributed by atoms with Crippen LogP contribution in [0, 0.1) is 11.3 Å². The van der Waals surface area contributed by atoms with E-state index < -0.39 is 11.9 Å². The van der Waals surface area contributed by atoms with Crippen molar-refractivity contribution in [3.8, 4) is 17.6 Å². The van der Waals surface area contributed by atoms with Gasteiger partial charge in [-0.2, -0.15) is 5.26 Å². The van der Waals surface area contributed by atoms with E-state index in [0.717, 1.165) is 11.8 Å². The fourth-order valence-electron chi connectivity index (χ4n) is 2.43. The Kier molecular flexibility index (Phi) is 6.31. The number of allylic oxidation sites excluding steroid dienone is 1. The van der Waals surface area contributed by atoms with Crippen LogP contribution in [0.1, 0.15) is 24.8 Å². The van der Waals surface area contributed by atoms with Gasteiger partial charge in [-0.05, 0) is 24.6 Å². The van der Waals surface area contributed by atoms with Crippen molar-refractivity contribution in [3.05, 3.63) is 34.4 Å². The zero-order chi connectivity index (χ0) is 18.4. The lowest BCUT2D eigenvalue weighted by Gasteiger charge is -2.25. The number of amides is 1. The van der Waals surface area contributed by atoms with Crippen LogP contribution in [0.15, 0.2) is 28.8 Å². The maximum absolute atomic E-state index is 12.0. The monoisotopic (exact) mass is 362 g/mol. The van der Waals surface area contributed by atoms with Crippen LogP contribution in [0.4, 0.5) is 0 Å². The van der Waals surface area contributed by atoms with Gasteiger partial charge < -0.3 is 19.9 Å². The molecule has 132 valence electrons. The molecule has 1 aromatic carbocycles. The molecule has 2 N–H and O–H groups in total. The topological polar surface area (TPSA) is 109 Å². The number of methoxy groups -OCH3 is 1. The number of phenols is 1. The first-order valence-corrected chi connectivity index (χ1v) is 8.58. The van der Waals surface area contributed by atoms with Crippen LogP contribution in [0.5, 0.6) is 11.5 Å². The second-order valence-electron chi connectivity index (χ2n) is 5.18. The number of thioether (sulfide) groups is 1. The van der Waals surface area contributed by atoms with E-state index in [0.29, 0.717) is 28.5 Å². The molecule has 8 heteroatoms. The second-order valence-corrected chi connectivity index (χ2v) is 6.17. The standard InChI is InChI=1S/C17H18N2O5S/c1-3-24-14-6-10(4-5-13(14)20)11-7-15(21)19-17(12(11)8-18)25-9-16(22)23-2/h4-6,11,20H,3,7,9H2,1-2H3,(H,19,21). The van der Waals surface area contributed by atoms with Crippen molar-refractivity contribution in [1.29, 1.82) is 5.26 Å². The van der Waals surface area contributed by atoms with E-state index in [-0.39, 0.29) is 23.8 Å². The van der Waals surface area contributed by atoms with E-state index in [2.05, 4.69) is 16.1 Å². The summed E-state index contributed by atoms with van der Waals surface area (Å²) in [6, 6.07) is 6.88. The number of hydrogen-bond acceptors (Lipinski definition) is 7. The van der Waals surface area contributed by atoms with Gasteiger partial charge >= 0.3 is 5.97 Å². The molecule has 0 fully saturated rings.